The fourth-order valence-electron chi connectivity index (χ4n) is 5.00. The van der Waals surface area contributed by atoms with E-state index >= 15 is 0 Å². The summed E-state index contributed by atoms with van der Waals surface area (Å²) in [5.41, 5.74) is 0. The minimum Gasteiger partial charge on any atom is -0.396 e. The lowest BCUT2D eigenvalue weighted by atomic mass is 9.68. The van der Waals surface area contributed by atoms with Crippen molar-refractivity contribution in [2.24, 2.45) is 17.8 Å². The molecule has 1 nitrogen and oxygen atoms in total. The maximum Gasteiger partial charge on any atom is 0.0431 e. The zero-order valence-electron chi connectivity index (χ0n) is 14.2. The Kier molecular flexibility index (Phi) is 8.78. The van der Waals surface area contributed by atoms with Gasteiger partial charge in [-0.1, -0.05) is 89.9 Å². The van der Waals surface area contributed by atoms with Crippen LogP contribution in [0.3, 0.4) is 0 Å². The highest BCUT2D eigenvalue weighted by Crippen LogP contribution is 2.42. The van der Waals surface area contributed by atoms with E-state index in [1.54, 1.807) is 0 Å². The van der Waals surface area contributed by atoms with Gasteiger partial charge in [0.2, 0.25) is 0 Å². The lowest BCUT2D eigenvalue weighted by Gasteiger charge is -2.38. The van der Waals surface area contributed by atoms with E-state index in [0.717, 1.165) is 24.2 Å². The van der Waals surface area contributed by atoms with Gasteiger partial charge >= 0.3 is 0 Å². The molecular formula is C20H38O. The van der Waals surface area contributed by atoms with Gasteiger partial charge in [-0.2, -0.15) is 0 Å². The number of unbranched alkanes of at least 4 members (excludes halogenated alkanes) is 4. The van der Waals surface area contributed by atoms with Crippen molar-refractivity contribution in [1.82, 2.24) is 0 Å². The van der Waals surface area contributed by atoms with Gasteiger partial charge in [0, 0.05) is 6.61 Å². The molecule has 0 saturated heterocycles. The van der Waals surface area contributed by atoms with Gasteiger partial charge in [0.1, 0.15) is 0 Å². The molecule has 0 heterocycles. The lowest BCUT2D eigenvalue weighted by molar-refractivity contribution is 0.131. The summed E-state index contributed by atoms with van der Waals surface area (Å²) in [5, 5.41) is 8.85. The van der Waals surface area contributed by atoms with Crippen LogP contribution in [-0.4, -0.2) is 11.7 Å². The molecule has 21 heavy (non-hydrogen) atoms. The molecule has 0 amide bonds. The van der Waals surface area contributed by atoms with Gasteiger partial charge in [-0.05, 0) is 30.6 Å². The molecule has 124 valence electrons. The number of rotatable bonds is 9. The summed E-state index contributed by atoms with van der Waals surface area (Å²) in [6.45, 7) is 0.382. The molecule has 2 aliphatic rings. The van der Waals surface area contributed by atoms with E-state index < -0.39 is 0 Å². The number of aliphatic hydroxyl groups is 1. The molecule has 0 bridgehead atoms. The van der Waals surface area contributed by atoms with Crippen LogP contribution in [0.5, 0.6) is 0 Å². The molecule has 2 rings (SSSR count). The Morgan fingerprint density at radius 2 is 1.10 bits per heavy atom. The van der Waals surface area contributed by atoms with E-state index in [1.807, 2.05) is 0 Å². The normalized spacial score (nSPS) is 22.0. The Bertz CT molecular complexity index is 220. The Labute approximate surface area is 132 Å². The first-order valence-corrected chi connectivity index (χ1v) is 10.0. The van der Waals surface area contributed by atoms with Crippen LogP contribution in [0.2, 0.25) is 0 Å². The predicted molar refractivity (Wildman–Crippen MR) is 91.4 cm³/mol. The monoisotopic (exact) mass is 294 g/mol. The molecule has 0 spiro atoms. The number of hydrogen-bond acceptors (Lipinski definition) is 1. The van der Waals surface area contributed by atoms with Crippen molar-refractivity contribution in [2.45, 2.75) is 103 Å². The Hall–Kier alpha value is -0.0400. The summed E-state index contributed by atoms with van der Waals surface area (Å²) < 4.78 is 0. The summed E-state index contributed by atoms with van der Waals surface area (Å²) in [6, 6.07) is 0. The van der Waals surface area contributed by atoms with Crippen LogP contribution in [0.15, 0.2) is 0 Å². The molecule has 0 unspecified atom stereocenters. The average Bonchev–Trinajstić information content (AvgIpc) is 2.56. The molecule has 2 saturated carbocycles. The fourth-order valence-corrected chi connectivity index (χ4v) is 5.00. The van der Waals surface area contributed by atoms with Gasteiger partial charge in [-0.25, -0.2) is 0 Å². The minimum atomic E-state index is 0.382. The first-order valence-electron chi connectivity index (χ1n) is 10.0. The highest BCUT2D eigenvalue weighted by atomic mass is 16.2. The van der Waals surface area contributed by atoms with Crippen molar-refractivity contribution in [3.05, 3.63) is 0 Å². The second kappa shape index (κ2) is 10.6. The smallest absolute Gasteiger partial charge is 0.0431 e. The van der Waals surface area contributed by atoms with Crippen LogP contribution in [0.25, 0.3) is 0 Å². The van der Waals surface area contributed by atoms with Gasteiger partial charge < -0.3 is 5.11 Å². The maximum atomic E-state index is 8.85. The molecule has 0 aromatic rings. The minimum absolute atomic E-state index is 0.382. The van der Waals surface area contributed by atoms with Crippen LogP contribution >= 0.6 is 0 Å². The molecule has 2 aliphatic carbocycles. The second-order valence-corrected chi connectivity index (χ2v) is 7.74. The quantitative estimate of drug-likeness (QED) is 0.510. The SMILES string of the molecule is OCCCCCCCC(C1CCCCC1)C1CCCCC1. The molecule has 0 aromatic carbocycles. The van der Waals surface area contributed by atoms with E-state index in [0.29, 0.717) is 6.61 Å². The summed E-state index contributed by atoms with van der Waals surface area (Å²) in [7, 11) is 0. The van der Waals surface area contributed by atoms with Crippen LogP contribution in [0, 0.1) is 17.8 Å². The Balaban J connectivity index is 1.74. The molecule has 1 heteroatoms. The maximum absolute atomic E-state index is 8.85. The largest absolute Gasteiger partial charge is 0.396 e. The fraction of sp³-hybridized carbons (Fsp3) is 1.00. The third-order valence-electron chi connectivity index (χ3n) is 6.21. The summed E-state index contributed by atoms with van der Waals surface area (Å²) in [6.07, 6.45) is 23.1. The topological polar surface area (TPSA) is 20.2 Å². The lowest BCUT2D eigenvalue weighted by Crippen LogP contribution is -2.27. The van der Waals surface area contributed by atoms with Crippen LogP contribution < -0.4 is 0 Å². The molecule has 0 aromatic heterocycles. The first-order chi connectivity index (χ1) is 10.4. The van der Waals surface area contributed by atoms with E-state index in [-0.39, 0.29) is 0 Å². The highest BCUT2D eigenvalue weighted by molar-refractivity contribution is 4.81. The van der Waals surface area contributed by atoms with Crippen molar-refractivity contribution >= 4 is 0 Å². The van der Waals surface area contributed by atoms with Crippen LogP contribution in [-0.2, 0) is 0 Å². The van der Waals surface area contributed by atoms with Gasteiger partial charge in [0.15, 0.2) is 0 Å². The molecule has 0 aliphatic heterocycles. The van der Waals surface area contributed by atoms with Gasteiger partial charge in [0.05, 0.1) is 0 Å². The first kappa shape index (κ1) is 17.3. The van der Waals surface area contributed by atoms with E-state index in [2.05, 4.69) is 0 Å². The van der Waals surface area contributed by atoms with Crippen molar-refractivity contribution < 1.29 is 5.11 Å². The Morgan fingerprint density at radius 3 is 1.62 bits per heavy atom. The van der Waals surface area contributed by atoms with Crippen molar-refractivity contribution in [3.63, 3.8) is 0 Å². The third-order valence-corrected chi connectivity index (χ3v) is 6.21. The van der Waals surface area contributed by atoms with E-state index in [4.69, 9.17) is 5.11 Å². The number of hydrogen-bond donors (Lipinski definition) is 1. The molecule has 1 N–H and O–H groups in total. The van der Waals surface area contributed by atoms with Gasteiger partial charge in [0.25, 0.3) is 0 Å². The summed E-state index contributed by atoms with van der Waals surface area (Å²) >= 11 is 0. The van der Waals surface area contributed by atoms with E-state index in [1.165, 1.54) is 96.3 Å². The highest BCUT2D eigenvalue weighted by Gasteiger charge is 2.30. The van der Waals surface area contributed by atoms with Crippen molar-refractivity contribution in [2.75, 3.05) is 6.61 Å². The molecule has 0 atom stereocenters. The number of aliphatic hydroxyl groups excluding tert-OH is 1. The van der Waals surface area contributed by atoms with Crippen LogP contribution in [0.1, 0.15) is 103 Å². The molecular weight excluding hydrogens is 256 g/mol. The standard InChI is InChI=1S/C20H38O/c21-17-11-3-1-2-10-16-20(18-12-6-4-7-13-18)19-14-8-5-9-15-19/h18-21H,1-17H2. The summed E-state index contributed by atoms with van der Waals surface area (Å²) in [5.74, 6) is 3.20. The summed E-state index contributed by atoms with van der Waals surface area (Å²) in [4.78, 5) is 0. The molecule has 0 radical (unpaired) electrons. The van der Waals surface area contributed by atoms with Crippen molar-refractivity contribution in [3.8, 4) is 0 Å². The predicted octanol–water partition coefficient (Wildman–Crippen LogP) is 6.10. The third kappa shape index (κ3) is 6.30. The average molecular weight is 295 g/mol. The van der Waals surface area contributed by atoms with Crippen molar-refractivity contribution in [1.29, 1.82) is 0 Å². The van der Waals surface area contributed by atoms with Gasteiger partial charge in [-0.3, -0.25) is 0 Å². The second-order valence-electron chi connectivity index (χ2n) is 7.74. The van der Waals surface area contributed by atoms with Crippen LogP contribution in [0.4, 0.5) is 0 Å². The molecule has 2 fully saturated rings. The van der Waals surface area contributed by atoms with E-state index in [9.17, 15) is 0 Å². The zero-order chi connectivity index (χ0) is 14.8. The zero-order valence-corrected chi connectivity index (χ0v) is 14.2. The Morgan fingerprint density at radius 1 is 0.619 bits per heavy atom. The van der Waals surface area contributed by atoms with Gasteiger partial charge in [-0.15, -0.1) is 0 Å².